The Morgan fingerprint density at radius 2 is 1.83 bits per heavy atom. The molecule has 4 aliphatic rings. The van der Waals surface area contributed by atoms with Crippen molar-refractivity contribution in [3.05, 3.63) is 34.3 Å². The minimum Gasteiger partial charge on any atom is -0.392 e. The number of aliphatic hydroxyl groups excluding tert-OH is 1. The Morgan fingerprint density at radius 3 is 2.43 bits per heavy atom. The molecule has 4 bridgehead atoms. The molecule has 0 aliphatic heterocycles. The molecular formula is C24H36Cl2N2O2. The molecule has 0 spiro atoms. The van der Waals surface area contributed by atoms with Gasteiger partial charge >= 0.3 is 0 Å². The second-order valence-electron chi connectivity index (χ2n) is 9.91. The van der Waals surface area contributed by atoms with Crippen molar-refractivity contribution in [2.75, 3.05) is 19.6 Å². The molecule has 6 heteroatoms. The predicted molar refractivity (Wildman–Crippen MR) is 125 cm³/mol. The van der Waals surface area contributed by atoms with E-state index in [0.29, 0.717) is 29.0 Å². The van der Waals surface area contributed by atoms with E-state index in [1.165, 1.54) is 38.5 Å². The average Bonchev–Trinajstić information content (AvgIpc) is 2.69. The number of amides is 1. The van der Waals surface area contributed by atoms with Gasteiger partial charge in [0, 0.05) is 13.1 Å². The monoisotopic (exact) mass is 454 g/mol. The highest BCUT2D eigenvalue weighted by molar-refractivity contribution is 6.33. The molecule has 3 N–H and O–H groups in total. The summed E-state index contributed by atoms with van der Waals surface area (Å²) < 4.78 is 0. The third-order valence-electron chi connectivity index (χ3n) is 7.46. The molecule has 1 aromatic carbocycles. The maximum absolute atomic E-state index is 12.9. The molecule has 4 saturated carbocycles. The van der Waals surface area contributed by atoms with Crippen LogP contribution in [0.15, 0.2) is 18.2 Å². The van der Waals surface area contributed by atoms with Gasteiger partial charge in [0.15, 0.2) is 0 Å². The Morgan fingerprint density at radius 1 is 1.20 bits per heavy atom. The van der Waals surface area contributed by atoms with E-state index in [1.54, 1.807) is 0 Å². The van der Waals surface area contributed by atoms with Gasteiger partial charge in [-0.15, -0.1) is 12.4 Å². The van der Waals surface area contributed by atoms with Crippen LogP contribution in [0.5, 0.6) is 0 Å². The zero-order chi connectivity index (χ0) is 20.4. The Balaban J connectivity index is 0.00000256. The van der Waals surface area contributed by atoms with Crippen LogP contribution in [0.2, 0.25) is 5.02 Å². The van der Waals surface area contributed by atoms with Crippen LogP contribution in [-0.2, 0) is 6.42 Å². The van der Waals surface area contributed by atoms with E-state index in [4.69, 9.17) is 11.6 Å². The fraction of sp³-hybridized carbons (Fsp3) is 0.708. The Bertz CT molecular complexity index is 705. The lowest BCUT2D eigenvalue weighted by Gasteiger charge is -2.56. The molecule has 0 saturated heterocycles. The van der Waals surface area contributed by atoms with Crippen molar-refractivity contribution in [1.29, 1.82) is 0 Å². The highest BCUT2D eigenvalue weighted by atomic mass is 35.5. The molecule has 0 aromatic heterocycles. The van der Waals surface area contributed by atoms with E-state index >= 15 is 0 Å². The quantitative estimate of drug-likeness (QED) is 0.510. The molecule has 1 atom stereocenters. The van der Waals surface area contributed by atoms with Crippen molar-refractivity contribution < 1.29 is 9.90 Å². The number of likely N-dealkylation sites (N-methyl/N-ethyl adjacent to an activating group) is 1. The third kappa shape index (κ3) is 5.51. The summed E-state index contributed by atoms with van der Waals surface area (Å²) in [5, 5.41) is 16.9. The van der Waals surface area contributed by atoms with Gasteiger partial charge in [0.2, 0.25) is 0 Å². The van der Waals surface area contributed by atoms with Crippen molar-refractivity contribution in [2.45, 2.75) is 64.4 Å². The fourth-order valence-corrected chi connectivity index (χ4v) is 6.72. The van der Waals surface area contributed by atoms with Gasteiger partial charge in [-0.2, -0.15) is 0 Å². The van der Waals surface area contributed by atoms with Crippen LogP contribution in [0.1, 0.15) is 67.8 Å². The first-order chi connectivity index (χ1) is 14.0. The SMILES string of the molecule is CCNC[C@H](O)CCc1ccc(Cl)c(C(=O)NCC23CC4CC(CC(C4)C2)C3)c1.Cl. The minimum atomic E-state index is -0.376. The minimum absolute atomic E-state index is 0. The Hall–Kier alpha value is -0.810. The van der Waals surface area contributed by atoms with E-state index in [0.717, 1.165) is 42.8 Å². The zero-order valence-corrected chi connectivity index (χ0v) is 19.5. The molecule has 5 rings (SSSR count). The summed E-state index contributed by atoms with van der Waals surface area (Å²) in [6.07, 6.45) is 9.15. The van der Waals surface area contributed by atoms with Crippen molar-refractivity contribution in [2.24, 2.45) is 23.2 Å². The van der Waals surface area contributed by atoms with Gasteiger partial charge in [-0.25, -0.2) is 0 Å². The average molecular weight is 455 g/mol. The number of aliphatic hydroxyl groups is 1. The number of hydrogen-bond donors (Lipinski definition) is 3. The summed E-state index contributed by atoms with van der Waals surface area (Å²) in [6, 6.07) is 5.67. The number of rotatable bonds is 9. The van der Waals surface area contributed by atoms with Gasteiger partial charge in [0.05, 0.1) is 16.7 Å². The van der Waals surface area contributed by atoms with Crippen molar-refractivity contribution in [3.8, 4) is 0 Å². The highest BCUT2D eigenvalue weighted by Gasteiger charge is 2.50. The molecule has 1 aromatic rings. The Labute approximate surface area is 191 Å². The second-order valence-corrected chi connectivity index (χ2v) is 10.3. The number of hydrogen-bond acceptors (Lipinski definition) is 3. The molecule has 168 valence electrons. The maximum Gasteiger partial charge on any atom is 0.252 e. The molecule has 0 unspecified atom stereocenters. The van der Waals surface area contributed by atoms with Crippen LogP contribution in [0.3, 0.4) is 0 Å². The van der Waals surface area contributed by atoms with Gasteiger partial charge in [-0.05, 0) is 98.8 Å². The lowest BCUT2D eigenvalue weighted by molar-refractivity contribution is -0.0503. The smallest absolute Gasteiger partial charge is 0.252 e. The fourth-order valence-electron chi connectivity index (χ4n) is 6.52. The summed E-state index contributed by atoms with van der Waals surface area (Å²) in [7, 11) is 0. The Kier molecular flexibility index (Phi) is 8.11. The summed E-state index contributed by atoms with van der Waals surface area (Å²) in [5.41, 5.74) is 1.94. The van der Waals surface area contributed by atoms with E-state index in [2.05, 4.69) is 10.6 Å². The van der Waals surface area contributed by atoms with Gasteiger partial charge in [0.25, 0.3) is 5.91 Å². The number of carbonyl (C=O) groups is 1. The number of carbonyl (C=O) groups excluding carboxylic acids is 1. The lowest BCUT2D eigenvalue weighted by atomic mass is 9.49. The van der Waals surface area contributed by atoms with Gasteiger partial charge in [-0.3, -0.25) is 4.79 Å². The largest absolute Gasteiger partial charge is 0.392 e. The van der Waals surface area contributed by atoms with Crippen LogP contribution < -0.4 is 10.6 Å². The first-order valence-corrected chi connectivity index (χ1v) is 11.8. The van der Waals surface area contributed by atoms with E-state index in [1.807, 2.05) is 25.1 Å². The molecule has 4 aliphatic carbocycles. The maximum atomic E-state index is 12.9. The number of benzene rings is 1. The zero-order valence-electron chi connectivity index (χ0n) is 18.0. The molecular weight excluding hydrogens is 419 g/mol. The topological polar surface area (TPSA) is 61.4 Å². The number of halogens is 2. The summed E-state index contributed by atoms with van der Waals surface area (Å²) in [6.45, 7) is 4.27. The molecule has 1 amide bonds. The van der Waals surface area contributed by atoms with E-state index in [-0.39, 0.29) is 24.4 Å². The van der Waals surface area contributed by atoms with Crippen molar-refractivity contribution in [3.63, 3.8) is 0 Å². The van der Waals surface area contributed by atoms with Crippen molar-refractivity contribution >= 4 is 29.9 Å². The van der Waals surface area contributed by atoms with E-state index < -0.39 is 0 Å². The standard InChI is InChI=1S/C24H35ClN2O2.ClH/c1-2-26-14-20(28)5-3-16-4-6-22(25)21(10-16)23(29)27-15-24-11-17-7-18(12-24)9-19(8-17)13-24;/h4,6,10,17-20,26,28H,2-3,5,7-9,11-15H2,1H3,(H,27,29);1H/t17?,18?,19?,20-,24?;/m1./s1. The normalized spacial score (nSPS) is 30.0. The highest BCUT2D eigenvalue weighted by Crippen LogP contribution is 2.59. The van der Waals surface area contributed by atoms with Gasteiger partial charge in [-0.1, -0.05) is 24.6 Å². The predicted octanol–water partition coefficient (Wildman–Crippen LogP) is 4.61. The number of aryl methyl sites for hydroxylation is 1. The van der Waals surface area contributed by atoms with Crippen LogP contribution in [0.25, 0.3) is 0 Å². The first-order valence-electron chi connectivity index (χ1n) is 11.4. The van der Waals surface area contributed by atoms with Gasteiger partial charge < -0.3 is 15.7 Å². The summed E-state index contributed by atoms with van der Waals surface area (Å²) in [5.74, 6) is 2.61. The first kappa shape index (κ1) is 23.8. The van der Waals surface area contributed by atoms with Crippen LogP contribution in [0, 0.1) is 23.2 Å². The van der Waals surface area contributed by atoms with Gasteiger partial charge in [0.1, 0.15) is 0 Å². The molecule has 0 heterocycles. The third-order valence-corrected chi connectivity index (χ3v) is 7.79. The summed E-state index contributed by atoms with van der Waals surface area (Å²) >= 11 is 6.36. The molecule has 4 nitrogen and oxygen atoms in total. The molecule has 4 fully saturated rings. The summed E-state index contributed by atoms with van der Waals surface area (Å²) in [4.78, 5) is 12.9. The number of nitrogens with one attached hydrogen (secondary N) is 2. The molecule has 30 heavy (non-hydrogen) atoms. The van der Waals surface area contributed by atoms with Crippen molar-refractivity contribution in [1.82, 2.24) is 10.6 Å². The second kappa shape index (κ2) is 10.2. The van der Waals surface area contributed by atoms with Crippen LogP contribution in [-0.4, -0.2) is 36.8 Å². The van der Waals surface area contributed by atoms with Crippen LogP contribution in [0.4, 0.5) is 0 Å². The molecule has 0 radical (unpaired) electrons. The van der Waals surface area contributed by atoms with E-state index in [9.17, 15) is 9.90 Å². The lowest BCUT2D eigenvalue weighted by Crippen LogP contribution is -2.51. The van der Waals surface area contributed by atoms with Crippen LogP contribution >= 0.6 is 24.0 Å².